The van der Waals surface area contributed by atoms with Gasteiger partial charge in [-0.1, -0.05) is 18.2 Å². The number of rotatable bonds is 4. The van der Waals surface area contributed by atoms with Gasteiger partial charge in [0.2, 0.25) is 5.78 Å². The molecule has 0 aliphatic heterocycles. The fraction of sp³-hybridized carbons (Fsp3) is 0.118. The number of ether oxygens (including phenoxy) is 2. The van der Waals surface area contributed by atoms with Gasteiger partial charge in [-0.05, 0) is 24.3 Å². The van der Waals surface area contributed by atoms with Crippen molar-refractivity contribution in [1.29, 1.82) is 0 Å². The van der Waals surface area contributed by atoms with Crippen molar-refractivity contribution in [3.05, 3.63) is 59.9 Å². The molecular formula is C17H14O4. The van der Waals surface area contributed by atoms with Gasteiger partial charge in [0.1, 0.15) is 23.3 Å². The van der Waals surface area contributed by atoms with E-state index in [1.165, 1.54) is 13.4 Å². The summed E-state index contributed by atoms with van der Waals surface area (Å²) in [7, 11) is 3.09. The number of hydrogen-bond acceptors (Lipinski definition) is 4. The number of hydrogen-bond donors (Lipinski definition) is 0. The maximum Gasteiger partial charge on any atom is 0.200 e. The molecule has 2 aromatic carbocycles. The summed E-state index contributed by atoms with van der Waals surface area (Å²) in [6, 6.07) is 12.6. The monoisotopic (exact) mass is 282 g/mol. The number of methoxy groups -OCH3 is 2. The Kier molecular flexibility index (Phi) is 3.36. The molecule has 0 aliphatic rings. The molecule has 1 heterocycles. The summed E-state index contributed by atoms with van der Waals surface area (Å²) in [5.41, 5.74) is 1.64. The van der Waals surface area contributed by atoms with Crippen LogP contribution in [0.4, 0.5) is 0 Å². The lowest BCUT2D eigenvalue weighted by Crippen LogP contribution is -2.04. The predicted molar refractivity (Wildman–Crippen MR) is 79.2 cm³/mol. The summed E-state index contributed by atoms with van der Waals surface area (Å²) < 4.78 is 15.9. The highest BCUT2D eigenvalue weighted by molar-refractivity contribution is 6.17. The molecule has 0 radical (unpaired) electrons. The normalized spacial score (nSPS) is 10.6. The molecule has 0 unspecified atom stereocenters. The maximum absolute atomic E-state index is 12.8. The zero-order valence-corrected chi connectivity index (χ0v) is 11.8. The SMILES string of the molecule is COc1ccc(OC)c(C(=O)c2coc3ccccc23)c1. The van der Waals surface area contributed by atoms with E-state index in [1.807, 2.05) is 24.3 Å². The topological polar surface area (TPSA) is 48.7 Å². The van der Waals surface area contributed by atoms with Gasteiger partial charge in [-0.2, -0.15) is 0 Å². The molecule has 0 amide bonds. The van der Waals surface area contributed by atoms with Gasteiger partial charge in [0.05, 0.1) is 25.3 Å². The van der Waals surface area contributed by atoms with Crippen LogP contribution < -0.4 is 9.47 Å². The molecule has 21 heavy (non-hydrogen) atoms. The third-order valence-corrected chi connectivity index (χ3v) is 3.38. The maximum atomic E-state index is 12.8. The van der Waals surface area contributed by atoms with Gasteiger partial charge in [-0.25, -0.2) is 0 Å². The third kappa shape index (κ3) is 2.25. The largest absolute Gasteiger partial charge is 0.497 e. The Morgan fingerprint density at radius 2 is 1.81 bits per heavy atom. The number of carbonyl (C=O) groups excluding carboxylic acids is 1. The third-order valence-electron chi connectivity index (χ3n) is 3.38. The van der Waals surface area contributed by atoms with Gasteiger partial charge >= 0.3 is 0 Å². The van der Waals surface area contributed by atoms with E-state index >= 15 is 0 Å². The molecule has 1 aromatic heterocycles. The van der Waals surface area contributed by atoms with E-state index in [1.54, 1.807) is 25.3 Å². The Morgan fingerprint density at radius 3 is 2.57 bits per heavy atom. The Hall–Kier alpha value is -2.75. The van der Waals surface area contributed by atoms with Crippen molar-refractivity contribution in [1.82, 2.24) is 0 Å². The van der Waals surface area contributed by atoms with Gasteiger partial charge in [0.25, 0.3) is 0 Å². The van der Waals surface area contributed by atoms with Gasteiger partial charge in [0.15, 0.2) is 0 Å². The summed E-state index contributed by atoms with van der Waals surface area (Å²) in [4.78, 5) is 12.8. The lowest BCUT2D eigenvalue weighted by molar-refractivity contribution is 0.103. The van der Waals surface area contributed by atoms with Crippen LogP contribution in [0.25, 0.3) is 11.0 Å². The average molecular weight is 282 g/mol. The summed E-state index contributed by atoms with van der Waals surface area (Å²) in [6.45, 7) is 0. The molecule has 4 heteroatoms. The number of furan rings is 1. The molecule has 0 N–H and O–H groups in total. The Bertz CT molecular complexity index is 801. The van der Waals surface area contributed by atoms with Crippen molar-refractivity contribution in [2.45, 2.75) is 0 Å². The molecule has 3 rings (SSSR count). The van der Waals surface area contributed by atoms with Crippen LogP contribution in [0.15, 0.2) is 53.1 Å². The van der Waals surface area contributed by atoms with Crippen LogP contribution in [0.2, 0.25) is 0 Å². The smallest absolute Gasteiger partial charge is 0.200 e. The van der Waals surface area contributed by atoms with Crippen LogP contribution in [0, 0.1) is 0 Å². The average Bonchev–Trinajstić information content (AvgIpc) is 2.97. The zero-order valence-electron chi connectivity index (χ0n) is 11.8. The molecule has 3 aromatic rings. The first kappa shape index (κ1) is 13.2. The highest BCUT2D eigenvalue weighted by Gasteiger charge is 2.19. The van der Waals surface area contributed by atoms with Crippen LogP contribution in [0.3, 0.4) is 0 Å². The van der Waals surface area contributed by atoms with Crippen molar-refractivity contribution in [3.63, 3.8) is 0 Å². The highest BCUT2D eigenvalue weighted by Crippen LogP contribution is 2.29. The molecular weight excluding hydrogens is 268 g/mol. The summed E-state index contributed by atoms with van der Waals surface area (Å²) in [5.74, 6) is 0.953. The molecule has 0 saturated carbocycles. The number of ketones is 1. The van der Waals surface area contributed by atoms with Crippen LogP contribution in [-0.2, 0) is 0 Å². The highest BCUT2D eigenvalue weighted by atomic mass is 16.5. The Labute approximate surface area is 121 Å². The van der Waals surface area contributed by atoms with Crippen LogP contribution in [-0.4, -0.2) is 20.0 Å². The fourth-order valence-corrected chi connectivity index (χ4v) is 2.29. The van der Waals surface area contributed by atoms with E-state index in [0.717, 1.165) is 5.39 Å². The van der Waals surface area contributed by atoms with E-state index in [2.05, 4.69) is 0 Å². The minimum atomic E-state index is -0.157. The van der Waals surface area contributed by atoms with E-state index in [-0.39, 0.29) is 5.78 Å². The molecule has 106 valence electrons. The van der Waals surface area contributed by atoms with Gasteiger partial charge in [-0.15, -0.1) is 0 Å². The van der Waals surface area contributed by atoms with Crippen molar-refractivity contribution >= 4 is 16.8 Å². The first-order valence-electron chi connectivity index (χ1n) is 6.47. The summed E-state index contributed by atoms with van der Waals surface area (Å²) in [6.07, 6.45) is 1.48. The van der Waals surface area contributed by atoms with Crippen LogP contribution in [0.1, 0.15) is 15.9 Å². The second-order valence-electron chi connectivity index (χ2n) is 4.54. The molecule has 0 fully saturated rings. The lowest BCUT2D eigenvalue weighted by Gasteiger charge is -2.09. The quantitative estimate of drug-likeness (QED) is 0.685. The first-order valence-corrected chi connectivity index (χ1v) is 6.47. The molecule has 4 nitrogen and oxygen atoms in total. The fourth-order valence-electron chi connectivity index (χ4n) is 2.29. The first-order chi connectivity index (χ1) is 10.2. The molecule has 0 spiro atoms. The number of carbonyl (C=O) groups is 1. The minimum Gasteiger partial charge on any atom is -0.497 e. The number of benzene rings is 2. The van der Waals surface area contributed by atoms with Crippen molar-refractivity contribution in [2.24, 2.45) is 0 Å². The Balaban J connectivity index is 2.13. The Morgan fingerprint density at radius 1 is 1.00 bits per heavy atom. The van der Waals surface area contributed by atoms with Crippen molar-refractivity contribution in [3.8, 4) is 11.5 Å². The zero-order chi connectivity index (χ0) is 14.8. The van der Waals surface area contributed by atoms with E-state index in [0.29, 0.717) is 28.2 Å². The molecule has 0 atom stereocenters. The van der Waals surface area contributed by atoms with Crippen molar-refractivity contribution < 1.29 is 18.7 Å². The number of para-hydroxylation sites is 1. The molecule has 0 aliphatic carbocycles. The number of fused-ring (bicyclic) bond motifs is 1. The second-order valence-corrected chi connectivity index (χ2v) is 4.54. The molecule has 0 bridgehead atoms. The van der Waals surface area contributed by atoms with E-state index in [9.17, 15) is 4.79 Å². The van der Waals surface area contributed by atoms with Crippen LogP contribution >= 0.6 is 0 Å². The minimum absolute atomic E-state index is 0.157. The van der Waals surface area contributed by atoms with Gasteiger partial charge in [-0.3, -0.25) is 4.79 Å². The van der Waals surface area contributed by atoms with E-state index in [4.69, 9.17) is 13.9 Å². The summed E-state index contributed by atoms with van der Waals surface area (Å²) in [5, 5.41) is 0.785. The van der Waals surface area contributed by atoms with Gasteiger partial charge < -0.3 is 13.9 Å². The second kappa shape index (κ2) is 5.32. The molecule has 0 saturated heterocycles. The van der Waals surface area contributed by atoms with Crippen LogP contribution in [0.5, 0.6) is 11.5 Å². The van der Waals surface area contributed by atoms with Crippen molar-refractivity contribution in [2.75, 3.05) is 14.2 Å². The van der Waals surface area contributed by atoms with Gasteiger partial charge in [0, 0.05) is 5.39 Å². The predicted octanol–water partition coefficient (Wildman–Crippen LogP) is 3.68. The lowest BCUT2D eigenvalue weighted by atomic mass is 10.0. The standard InChI is InChI=1S/C17H14O4/c1-19-11-7-8-15(20-2)13(9-11)17(18)14-10-21-16-6-4-3-5-12(14)16/h3-10H,1-2H3. The summed E-state index contributed by atoms with van der Waals surface area (Å²) >= 11 is 0. The van der Waals surface area contributed by atoms with E-state index < -0.39 is 0 Å².